The van der Waals surface area contributed by atoms with Gasteiger partial charge in [-0.3, -0.25) is 9.59 Å². The monoisotopic (exact) mass is 385 g/mol. The predicted octanol–water partition coefficient (Wildman–Crippen LogP) is 3.95. The molecule has 1 aliphatic heterocycles. The van der Waals surface area contributed by atoms with Crippen LogP contribution in [0.1, 0.15) is 42.7 Å². The third-order valence-corrected chi connectivity index (χ3v) is 5.88. The van der Waals surface area contributed by atoms with E-state index in [2.05, 4.69) is 45.9 Å². The number of nitrogens with one attached hydrogen (secondary N) is 3. The minimum atomic E-state index is -0.414. The van der Waals surface area contributed by atoms with Gasteiger partial charge in [0, 0.05) is 17.4 Å². The second-order valence-corrected chi connectivity index (χ2v) is 7.86. The zero-order valence-corrected chi connectivity index (χ0v) is 16.3. The summed E-state index contributed by atoms with van der Waals surface area (Å²) in [7, 11) is 0. The molecule has 2 aromatic carbocycles. The summed E-state index contributed by atoms with van der Waals surface area (Å²) in [5, 5.41) is 6.58. The van der Waals surface area contributed by atoms with E-state index >= 15 is 0 Å². The molecule has 5 heteroatoms. The quantitative estimate of drug-likeness (QED) is 0.622. The van der Waals surface area contributed by atoms with E-state index in [9.17, 15) is 9.59 Å². The molecule has 3 N–H and O–H groups in total. The molecule has 0 spiro atoms. The summed E-state index contributed by atoms with van der Waals surface area (Å²) in [6.07, 6.45) is 4.15. The molecule has 5 nitrogen and oxygen atoms in total. The molecule has 2 heterocycles. The third-order valence-electron chi connectivity index (χ3n) is 5.88. The summed E-state index contributed by atoms with van der Waals surface area (Å²) in [4.78, 5) is 28.5. The van der Waals surface area contributed by atoms with Gasteiger partial charge in [0.25, 0.3) is 5.91 Å². The zero-order chi connectivity index (χ0) is 20.0. The lowest BCUT2D eigenvalue weighted by Crippen LogP contribution is -2.32. The molecule has 1 atom stereocenters. The first-order chi connectivity index (χ1) is 14.1. The maximum Gasteiger partial charge on any atom is 0.267 e. The Morgan fingerprint density at radius 2 is 1.90 bits per heavy atom. The zero-order valence-electron chi connectivity index (χ0n) is 16.3. The lowest BCUT2D eigenvalue weighted by Gasteiger charge is -2.14. The molecule has 0 saturated heterocycles. The van der Waals surface area contributed by atoms with E-state index in [4.69, 9.17) is 0 Å². The van der Waals surface area contributed by atoms with Gasteiger partial charge in [-0.15, -0.1) is 0 Å². The number of carbonyl (C=O) groups excluding carboxylic acids is 2. The predicted molar refractivity (Wildman–Crippen MR) is 113 cm³/mol. The van der Waals surface area contributed by atoms with E-state index in [1.54, 1.807) is 6.08 Å². The van der Waals surface area contributed by atoms with Crippen LogP contribution in [0.15, 0.2) is 60.3 Å². The average Bonchev–Trinajstić information content (AvgIpc) is 3.40. The molecule has 1 unspecified atom stereocenters. The Hall–Kier alpha value is -3.34. The van der Waals surface area contributed by atoms with E-state index in [0.717, 1.165) is 27.7 Å². The number of aromatic nitrogens is 1. The highest BCUT2D eigenvalue weighted by atomic mass is 16.2. The summed E-state index contributed by atoms with van der Waals surface area (Å²) < 4.78 is 0. The number of fused-ring (bicyclic) bond motifs is 1. The standard InChI is InChI=1S/C24H23N3O2/c1-14(23(28)26-19-12-13-25-24(19)29)20-18-9-5-8-17(15-10-11-15)22(18)27-21(20)16-6-3-2-4-7-16/h2-9,12,14-15,27H,10-11,13H2,1H3,(H,25,29)(H,26,28). The van der Waals surface area contributed by atoms with Crippen molar-refractivity contribution in [2.75, 3.05) is 6.54 Å². The lowest BCUT2D eigenvalue weighted by atomic mass is 9.93. The largest absolute Gasteiger partial charge is 0.354 e. The van der Waals surface area contributed by atoms with Crippen LogP contribution in [0.2, 0.25) is 0 Å². The van der Waals surface area contributed by atoms with E-state index < -0.39 is 5.92 Å². The van der Waals surface area contributed by atoms with Crippen LogP contribution in [0.5, 0.6) is 0 Å². The van der Waals surface area contributed by atoms with Crippen molar-refractivity contribution < 1.29 is 9.59 Å². The molecule has 5 rings (SSSR count). The highest BCUT2D eigenvalue weighted by Gasteiger charge is 2.30. The first kappa shape index (κ1) is 17.7. The van der Waals surface area contributed by atoms with Crippen LogP contribution in [0.4, 0.5) is 0 Å². The molecule has 146 valence electrons. The molecule has 29 heavy (non-hydrogen) atoms. The SMILES string of the molecule is CC(C(=O)NC1=CCNC1=O)c1c(-c2ccccc2)[nH]c2c(C3CC3)cccc12. The Balaban J connectivity index is 1.62. The van der Waals surface area contributed by atoms with Gasteiger partial charge in [0.05, 0.1) is 11.6 Å². The van der Waals surface area contributed by atoms with Crippen LogP contribution in [-0.2, 0) is 9.59 Å². The molecule has 2 amide bonds. The van der Waals surface area contributed by atoms with Crippen LogP contribution in [0, 0.1) is 0 Å². The number of benzene rings is 2. The van der Waals surface area contributed by atoms with Crippen molar-refractivity contribution in [3.63, 3.8) is 0 Å². The number of H-pyrrole nitrogens is 1. The molecule has 3 aromatic rings. The number of aromatic amines is 1. The molecule has 1 fully saturated rings. The van der Waals surface area contributed by atoms with Crippen molar-refractivity contribution in [3.05, 3.63) is 71.4 Å². The number of para-hydroxylation sites is 1. The Labute approximate surface area is 169 Å². The number of rotatable bonds is 5. The summed E-state index contributed by atoms with van der Waals surface area (Å²) >= 11 is 0. The van der Waals surface area contributed by atoms with E-state index in [1.807, 2.05) is 25.1 Å². The number of carbonyl (C=O) groups is 2. The van der Waals surface area contributed by atoms with Gasteiger partial charge in [-0.25, -0.2) is 0 Å². The number of hydrogen-bond acceptors (Lipinski definition) is 2. The fraction of sp³-hybridized carbons (Fsp3) is 0.250. The highest BCUT2D eigenvalue weighted by Crippen LogP contribution is 2.45. The topological polar surface area (TPSA) is 74.0 Å². The van der Waals surface area contributed by atoms with Crippen molar-refractivity contribution in [1.29, 1.82) is 0 Å². The maximum absolute atomic E-state index is 13.1. The van der Waals surface area contributed by atoms with Gasteiger partial charge >= 0.3 is 0 Å². The summed E-state index contributed by atoms with van der Waals surface area (Å²) in [5.74, 6) is -0.222. The van der Waals surface area contributed by atoms with Gasteiger partial charge in [0.1, 0.15) is 5.70 Å². The van der Waals surface area contributed by atoms with Crippen molar-refractivity contribution in [2.24, 2.45) is 0 Å². The number of hydrogen-bond donors (Lipinski definition) is 3. The minimum Gasteiger partial charge on any atom is -0.354 e. The van der Waals surface area contributed by atoms with E-state index in [0.29, 0.717) is 18.2 Å². The van der Waals surface area contributed by atoms with Crippen molar-refractivity contribution in [3.8, 4) is 11.3 Å². The highest BCUT2D eigenvalue weighted by molar-refractivity contribution is 6.03. The molecule has 2 aliphatic rings. The van der Waals surface area contributed by atoms with Crippen LogP contribution in [0.3, 0.4) is 0 Å². The minimum absolute atomic E-state index is 0.178. The van der Waals surface area contributed by atoms with Gasteiger partial charge in [0.2, 0.25) is 5.91 Å². The van der Waals surface area contributed by atoms with Gasteiger partial charge in [-0.1, -0.05) is 48.5 Å². The Morgan fingerprint density at radius 1 is 1.10 bits per heavy atom. The molecular formula is C24H23N3O2. The van der Waals surface area contributed by atoms with Crippen molar-refractivity contribution >= 4 is 22.7 Å². The summed E-state index contributed by atoms with van der Waals surface area (Å²) in [6, 6.07) is 16.5. The molecular weight excluding hydrogens is 362 g/mol. The van der Waals surface area contributed by atoms with Crippen LogP contribution in [0.25, 0.3) is 22.2 Å². The Morgan fingerprint density at radius 3 is 2.59 bits per heavy atom. The molecule has 0 bridgehead atoms. The summed E-state index contributed by atoms with van der Waals surface area (Å²) in [5.41, 5.74) is 5.80. The second kappa shape index (κ2) is 6.92. The first-order valence-electron chi connectivity index (χ1n) is 10.1. The van der Waals surface area contributed by atoms with Crippen LogP contribution in [-0.4, -0.2) is 23.3 Å². The molecule has 1 saturated carbocycles. The smallest absolute Gasteiger partial charge is 0.267 e. The number of amides is 2. The normalized spacial score (nSPS) is 17.1. The van der Waals surface area contributed by atoms with Gasteiger partial charge in [-0.2, -0.15) is 0 Å². The van der Waals surface area contributed by atoms with Crippen LogP contribution >= 0.6 is 0 Å². The molecule has 1 aliphatic carbocycles. The first-order valence-corrected chi connectivity index (χ1v) is 10.1. The van der Waals surface area contributed by atoms with Crippen molar-refractivity contribution in [1.82, 2.24) is 15.6 Å². The molecule has 1 aromatic heterocycles. The van der Waals surface area contributed by atoms with Gasteiger partial charge < -0.3 is 15.6 Å². The Bertz CT molecular complexity index is 1140. The lowest BCUT2D eigenvalue weighted by molar-refractivity contribution is -0.124. The second-order valence-electron chi connectivity index (χ2n) is 7.86. The fourth-order valence-electron chi connectivity index (χ4n) is 4.19. The van der Waals surface area contributed by atoms with Crippen molar-refractivity contribution in [2.45, 2.75) is 31.6 Å². The maximum atomic E-state index is 13.1. The Kier molecular flexibility index (Phi) is 4.23. The fourth-order valence-corrected chi connectivity index (χ4v) is 4.19. The summed E-state index contributed by atoms with van der Waals surface area (Å²) in [6.45, 7) is 2.36. The van der Waals surface area contributed by atoms with Gasteiger partial charge in [0.15, 0.2) is 0 Å². The average molecular weight is 385 g/mol. The van der Waals surface area contributed by atoms with Crippen LogP contribution < -0.4 is 10.6 Å². The van der Waals surface area contributed by atoms with Gasteiger partial charge in [-0.05, 0) is 48.4 Å². The van der Waals surface area contributed by atoms with E-state index in [1.165, 1.54) is 18.4 Å². The third kappa shape index (κ3) is 3.12. The van der Waals surface area contributed by atoms with E-state index in [-0.39, 0.29) is 11.8 Å². The molecule has 0 radical (unpaired) electrons.